The lowest BCUT2D eigenvalue weighted by atomic mass is 10.1. The predicted octanol–water partition coefficient (Wildman–Crippen LogP) is 5.48. The molecule has 34 heavy (non-hydrogen) atoms. The van der Waals surface area contributed by atoms with E-state index in [0.29, 0.717) is 23.0 Å². The second-order valence-electron chi connectivity index (χ2n) is 7.69. The summed E-state index contributed by atoms with van der Waals surface area (Å²) in [5.41, 5.74) is 1.81. The molecule has 3 aliphatic rings. The minimum absolute atomic E-state index is 0.191. The summed E-state index contributed by atoms with van der Waals surface area (Å²) < 4.78 is 22.3. The molecule has 0 unspecified atom stereocenters. The van der Waals surface area contributed by atoms with E-state index in [9.17, 15) is 9.59 Å². The fourth-order valence-corrected chi connectivity index (χ4v) is 6.18. The van der Waals surface area contributed by atoms with Gasteiger partial charge in [-0.15, -0.1) is 23.5 Å². The van der Waals surface area contributed by atoms with Crippen LogP contribution in [0.15, 0.2) is 58.4 Å². The third-order valence-corrected chi connectivity index (χ3v) is 7.97. The van der Waals surface area contributed by atoms with Gasteiger partial charge in [0.25, 0.3) is 0 Å². The number of benzene rings is 2. The van der Waals surface area contributed by atoms with Crippen LogP contribution in [0.3, 0.4) is 0 Å². The van der Waals surface area contributed by atoms with Gasteiger partial charge in [0.2, 0.25) is 13.6 Å². The first kappa shape index (κ1) is 22.7. The maximum Gasteiger partial charge on any atom is 0.231 e. The molecule has 0 aliphatic carbocycles. The summed E-state index contributed by atoms with van der Waals surface area (Å²) in [6, 6.07) is 10.9. The van der Waals surface area contributed by atoms with Gasteiger partial charge in [-0.2, -0.15) is 0 Å². The van der Waals surface area contributed by atoms with E-state index in [4.69, 9.17) is 18.9 Å². The van der Waals surface area contributed by atoms with Crippen LogP contribution >= 0.6 is 23.5 Å². The first-order valence-electron chi connectivity index (χ1n) is 10.9. The van der Waals surface area contributed by atoms with Gasteiger partial charge >= 0.3 is 0 Å². The highest BCUT2D eigenvalue weighted by molar-refractivity contribution is 8.22. The lowest BCUT2D eigenvalue weighted by molar-refractivity contribution is -0.116. The molecule has 0 spiro atoms. The van der Waals surface area contributed by atoms with Gasteiger partial charge in [-0.05, 0) is 71.9 Å². The summed E-state index contributed by atoms with van der Waals surface area (Å²) in [5.74, 6) is 3.82. The number of ether oxygens (including phenoxy) is 4. The maximum atomic E-state index is 13.2. The highest BCUT2D eigenvalue weighted by Crippen LogP contribution is 2.38. The highest BCUT2D eigenvalue weighted by Gasteiger charge is 2.22. The van der Waals surface area contributed by atoms with Gasteiger partial charge in [0.1, 0.15) is 0 Å². The lowest BCUT2D eigenvalue weighted by Crippen LogP contribution is -2.10. The number of carbonyl (C=O) groups is 2. The van der Waals surface area contributed by atoms with Crippen molar-refractivity contribution in [2.75, 3.05) is 25.1 Å². The zero-order chi connectivity index (χ0) is 23.3. The SMILES string of the molecule is O=C(/C=C/c1ccc2c(c1)OCO2)C(C(=O)/C=C/c1ccc2c(c1)OCO2)=C1SCCCCS1. The van der Waals surface area contributed by atoms with Gasteiger partial charge in [-0.3, -0.25) is 9.59 Å². The second-order valence-corrected chi connectivity index (χ2v) is 10.2. The molecule has 2 aromatic rings. The number of carbonyl (C=O) groups excluding carboxylic acids is 2. The first-order valence-corrected chi connectivity index (χ1v) is 12.9. The van der Waals surface area contributed by atoms with E-state index >= 15 is 0 Å². The van der Waals surface area contributed by atoms with Crippen molar-refractivity contribution < 1.29 is 28.5 Å². The van der Waals surface area contributed by atoms with Crippen molar-refractivity contribution in [1.82, 2.24) is 0 Å². The normalized spacial score (nSPS) is 16.8. The van der Waals surface area contributed by atoms with Crippen LogP contribution in [0.25, 0.3) is 12.2 Å². The van der Waals surface area contributed by atoms with Crippen molar-refractivity contribution in [3.8, 4) is 23.0 Å². The molecule has 2 aromatic carbocycles. The molecule has 0 N–H and O–H groups in total. The topological polar surface area (TPSA) is 71.1 Å². The van der Waals surface area contributed by atoms with E-state index in [1.54, 1.807) is 35.7 Å². The van der Waals surface area contributed by atoms with E-state index in [0.717, 1.165) is 39.7 Å². The number of rotatable bonds is 6. The Morgan fingerprint density at radius 1 is 0.676 bits per heavy atom. The van der Waals surface area contributed by atoms with Crippen molar-refractivity contribution in [3.05, 3.63) is 69.5 Å². The van der Waals surface area contributed by atoms with Crippen LogP contribution in [0.1, 0.15) is 24.0 Å². The number of ketones is 2. The molecule has 0 aromatic heterocycles. The number of hydrogen-bond acceptors (Lipinski definition) is 8. The van der Waals surface area contributed by atoms with E-state index in [2.05, 4.69) is 0 Å². The van der Waals surface area contributed by atoms with E-state index in [1.807, 2.05) is 36.4 Å². The standard InChI is InChI=1S/C26H22O6S2/c27-19(7-3-17-5-9-21-23(13-17)31-15-29-21)25(26-33-11-1-2-12-34-26)20(28)8-4-18-6-10-22-24(14-18)32-16-30-22/h3-10,13-14H,1-2,11-12,15-16H2/b7-3+,8-4+. The monoisotopic (exact) mass is 494 g/mol. The number of thioether (sulfide) groups is 2. The minimum Gasteiger partial charge on any atom is -0.454 e. The van der Waals surface area contributed by atoms with Crippen molar-refractivity contribution in [1.29, 1.82) is 0 Å². The average Bonchev–Trinajstić information content (AvgIpc) is 3.44. The molecule has 1 fully saturated rings. The zero-order valence-corrected chi connectivity index (χ0v) is 19.9. The fourth-order valence-electron chi connectivity index (χ4n) is 3.59. The Kier molecular flexibility index (Phi) is 6.97. The van der Waals surface area contributed by atoms with Gasteiger partial charge in [-0.25, -0.2) is 0 Å². The summed E-state index contributed by atoms with van der Waals surface area (Å²) in [4.78, 5) is 26.5. The average molecular weight is 495 g/mol. The van der Waals surface area contributed by atoms with Gasteiger partial charge < -0.3 is 18.9 Å². The summed E-state index contributed by atoms with van der Waals surface area (Å²) >= 11 is 3.17. The molecule has 8 heteroatoms. The van der Waals surface area contributed by atoms with Crippen molar-refractivity contribution in [3.63, 3.8) is 0 Å². The smallest absolute Gasteiger partial charge is 0.231 e. The molecule has 5 rings (SSSR count). The van der Waals surface area contributed by atoms with Crippen molar-refractivity contribution in [2.24, 2.45) is 0 Å². The maximum absolute atomic E-state index is 13.2. The first-order chi connectivity index (χ1) is 16.7. The Hall–Kier alpha value is -3.10. The summed E-state index contributed by atoms with van der Waals surface area (Å²) in [5, 5.41) is 0. The van der Waals surface area contributed by atoms with E-state index < -0.39 is 0 Å². The number of hydrogen-bond donors (Lipinski definition) is 0. The summed E-state index contributed by atoms with van der Waals surface area (Å²) in [6.45, 7) is 0.382. The zero-order valence-electron chi connectivity index (χ0n) is 18.3. The van der Waals surface area contributed by atoms with Crippen LogP contribution in [0.2, 0.25) is 0 Å². The van der Waals surface area contributed by atoms with Gasteiger partial charge in [-0.1, -0.05) is 24.3 Å². The molecule has 3 aliphatic heterocycles. The molecule has 0 radical (unpaired) electrons. The fraction of sp³-hybridized carbons (Fsp3) is 0.231. The lowest BCUT2D eigenvalue weighted by Gasteiger charge is -2.08. The third-order valence-electron chi connectivity index (χ3n) is 5.35. The van der Waals surface area contributed by atoms with Gasteiger partial charge in [0, 0.05) is 0 Å². The van der Waals surface area contributed by atoms with Crippen LogP contribution in [-0.2, 0) is 9.59 Å². The Morgan fingerprint density at radius 2 is 1.15 bits per heavy atom. The molecule has 0 bridgehead atoms. The summed E-state index contributed by atoms with van der Waals surface area (Å²) in [6.07, 6.45) is 8.45. The molecule has 174 valence electrons. The van der Waals surface area contributed by atoms with E-state index in [-0.39, 0.29) is 30.7 Å². The Labute approximate surface area is 206 Å². The van der Waals surface area contributed by atoms with Crippen LogP contribution in [0, 0.1) is 0 Å². The number of fused-ring (bicyclic) bond motifs is 2. The predicted molar refractivity (Wildman–Crippen MR) is 134 cm³/mol. The molecule has 6 nitrogen and oxygen atoms in total. The highest BCUT2D eigenvalue weighted by atomic mass is 32.2. The van der Waals surface area contributed by atoms with Crippen LogP contribution in [0.5, 0.6) is 23.0 Å². The van der Waals surface area contributed by atoms with Gasteiger partial charge in [0.05, 0.1) is 9.81 Å². The second kappa shape index (κ2) is 10.4. The molecule has 1 saturated heterocycles. The molecule has 3 heterocycles. The molecular formula is C26H22O6S2. The number of allylic oxidation sites excluding steroid dienone is 3. The Morgan fingerprint density at radius 3 is 1.65 bits per heavy atom. The van der Waals surface area contributed by atoms with Crippen molar-refractivity contribution >= 4 is 47.2 Å². The minimum atomic E-state index is -0.310. The Balaban J connectivity index is 1.39. The van der Waals surface area contributed by atoms with Crippen LogP contribution < -0.4 is 18.9 Å². The van der Waals surface area contributed by atoms with Gasteiger partial charge in [0.15, 0.2) is 34.6 Å². The molecular weight excluding hydrogens is 472 g/mol. The Bertz CT molecular complexity index is 1120. The largest absolute Gasteiger partial charge is 0.454 e. The molecule has 0 atom stereocenters. The summed E-state index contributed by atoms with van der Waals surface area (Å²) in [7, 11) is 0. The van der Waals surface area contributed by atoms with Crippen LogP contribution in [0.4, 0.5) is 0 Å². The van der Waals surface area contributed by atoms with E-state index in [1.165, 1.54) is 12.2 Å². The van der Waals surface area contributed by atoms with Crippen molar-refractivity contribution in [2.45, 2.75) is 12.8 Å². The molecule has 0 amide bonds. The third kappa shape index (κ3) is 5.18. The molecule has 0 saturated carbocycles. The van der Waals surface area contributed by atoms with Crippen LogP contribution in [-0.4, -0.2) is 36.7 Å². The quantitative estimate of drug-likeness (QED) is 0.297.